The fourth-order valence-corrected chi connectivity index (χ4v) is 27.6. The van der Waals surface area contributed by atoms with Crippen LogP contribution in [0.25, 0.3) is 0 Å². The molecular formula is C32H36OSi5. The van der Waals surface area contributed by atoms with E-state index in [1.54, 1.807) is 0 Å². The van der Waals surface area contributed by atoms with Crippen molar-refractivity contribution in [1.29, 1.82) is 0 Å². The SMILES string of the molecule is Cc1ccc([Si]O[Si]([Si]c2ccc(C)cc2C)([Si]c2ccc(C)cc2C)[Si]c2ccc(C)cc2C)c(C)c1. The Balaban J connectivity index is 1.83. The summed E-state index contributed by atoms with van der Waals surface area (Å²) < 4.78 is 7.41. The molecule has 4 rings (SSSR count). The van der Waals surface area contributed by atoms with E-state index in [9.17, 15) is 0 Å². The highest BCUT2D eigenvalue weighted by Gasteiger charge is 2.39. The number of hydrogen-bond donors (Lipinski definition) is 0. The lowest BCUT2D eigenvalue weighted by molar-refractivity contribution is 0.651. The highest BCUT2D eigenvalue weighted by molar-refractivity contribution is 7.72. The van der Waals surface area contributed by atoms with Gasteiger partial charge in [-0.25, -0.2) is 0 Å². The van der Waals surface area contributed by atoms with E-state index in [2.05, 4.69) is 128 Å². The van der Waals surface area contributed by atoms with Crippen molar-refractivity contribution < 1.29 is 4.12 Å². The average molecular weight is 577 g/mol. The van der Waals surface area contributed by atoms with Crippen LogP contribution in [-0.2, 0) is 4.12 Å². The Morgan fingerprint density at radius 3 is 1.00 bits per heavy atom. The molecule has 1 nitrogen and oxygen atoms in total. The third-order valence-corrected chi connectivity index (χ3v) is 27.8. The van der Waals surface area contributed by atoms with Gasteiger partial charge in [0.1, 0.15) is 6.87 Å². The molecule has 0 aliphatic heterocycles. The zero-order valence-electron chi connectivity index (χ0n) is 23.8. The molecule has 8 radical (unpaired) electrons. The van der Waals surface area contributed by atoms with Crippen LogP contribution in [0.5, 0.6) is 0 Å². The molecule has 0 spiro atoms. The van der Waals surface area contributed by atoms with Gasteiger partial charge < -0.3 is 4.12 Å². The van der Waals surface area contributed by atoms with Gasteiger partial charge in [-0.15, -0.1) is 0 Å². The summed E-state index contributed by atoms with van der Waals surface area (Å²) in [5.74, 6) is 0. The third kappa shape index (κ3) is 7.31. The van der Waals surface area contributed by atoms with E-state index in [1.165, 1.54) is 65.3 Å². The first kappa shape index (κ1) is 28.9. The molecule has 38 heavy (non-hydrogen) atoms. The van der Waals surface area contributed by atoms with Crippen LogP contribution in [0.1, 0.15) is 44.5 Å². The molecule has 0 aliphatic rings. The fraction of sp³-hybridized carbons (Fsp3) is 0.250. The van der Waals surface area contributed by atoms with Crippen molar-refractivity contribution >= 4 is 64.5 Å². The first-order valence-electron chi connectivity index (χ1n) is 13.1. The molecule has 0 amide bonds. The molecule has 190 valence electrons. The topological polar surface area (TPSA) is 9.23 Å². The molecular weight excluding hydrogens is 541 g/mol. The summed E-state index contributed by atoms with van der Waals surface area (Å²) in [6, 6.07) is 27.8. The Kier molecular flexibility index (Phi) is 9.44. The van der Waals surface area contributed by atoms with Crippen LogP contribution >= 0.6 is 0 Å². The van der Waals surface area contributed by atoms with Crippen LogP contribution in [0.4, 0.5) is 0 Å². The predicted molar refractivity (Wildman–Crippen MR) is 172 cm³/mol. The zero-order valence-corrected chi connectivity index (χ0v) is 28.8. The molecule has 0 heterocycles. The maximum atomic E-state index is 7.41. The Bertz CT molecular complexity index is 1320. The zero-order chi connectivity index (χ0) is 27.4. The van der Waals surface area contributed by atoms with Gasteiger partial charge in [0.2, 0.25) is 0 Å². The van der Waals surface area contributed by atoms with Crippen molar-refractivity contribution in [2.45, 2.75) is 55.4 Å². The number of benzene rings is 4. The second-order valence-electron chi connectivity index (χ2n) is 10.5. The maximum Gasteiger partial charge on any atom is 0.256 e. The van der Waals surface area contributed by atoms with E-state index in [0.717, 1.165) is 0 Å². The predicted octanol–water partition coefficient (Wildman–Crippen LogP) is 3.94. The second-order valence-corrected chi connectivity index (χ2v) is 28.9. The van der Waals surface area contributed by atoms with Crippen molar-refractivity contribution in [1.82, 2.24) is 0 Å². The molecule has 0 N–H and O–H groups in total. The summed E-state index contributed by atoms with van der Waals surface area (Å²) in [5, 5.41) is 5.76. The Morgan fingerprint density at radius 1 is 0.421 bits per heavy atom. The van der Waals surface area contributed by atoms with Crippen LogP contribution in [0.3, 0.4) is 0 Å². The quantitative estimate of drug-likeness (QED) is 0.274. The molecule has 0 aliphatic carbocycles. The Morgan fingerprint density at radius 2 is 0.711 bits per heavy atom. The van der Waals surface area contributed by atoms with Gasteiger partial charge >= 0.3 is 0 Å². The summed E-state index contributed by atoms with van der Waals surface area (Å²) in [4.78, 5) is 0. The van der Waals surface area contributed by atoms with Crippen molar-refractivity contribution in [2.75, 3.05) is 0 Å². The van der Waals surface area contributed by atoms with E-state index in [0.29, 0.717) is 36.9 Å². The molecule has 4 aromatic carbocycles. The summed E-state index contributed by atoms with van der Waals surface area (Å²) in [6.07, 6.45) is 0. The number of rotatable bonds is 9. The van der Waals surface area contributed by atoms with Crippen LogP contribution in [0.2, 0.25) is 0 Å². The lowest BCUT2D eigenvalue weighted by Crippen LogP contribution is -2.68. The van der Waals surface area contributed by atoms with E-state index >= 15 is 0 Å². The largest absolute Gasteiger partial charge is 0.459 e. The van der Waals surface area contributed by atoms with Crippen LogP contribution < -0.4 is 20.7 Å². The monoisotopic (exact) mass is 576 g/mol. The lowest BCUT2D eigenvalue weighted by atomic mass is 10.2. The molecule has 4 aromatic rings. The third-order valence-electron chi connectivity index (χ3n) is 6.77. The molecule has 0 saturated heterocycles. The molecule has 0 saturated carbocycles. The van der Waals surface area contributed by atoms with Crippen LogP contribution in [0.15, 0.2) is 72.8 Å². The number of hydrogen-bond acceptors (Lipinski definition) is 1. The molecule has 0 unspecified atom stereocenters. The van der Waals surface area contributed by atoms with Gasteiger partial charge in [0, 0.05) is 0 Å². The molecule has 0 fully saturated rings. The normalized spacial score (nSPS) is 11.7. The van der Waals surface area contributed by atoms with E-state index < -0.39 is 6.87 Å². The highest BCUT2D eigenvalue weighted by Crippen LogP contribution is 2.11. The van der Waals surface area contributed by atoms with Gasteiger partial charge in [-0.2, -0.15) is 0 Å². The Hall–Kier alpha value is -2.08. The van der Waals surface area contributed by atoms with Crippen LogP contribution in [-0.4, -0.2) is 43.7 Å². The van der Waals surface area contributed by atoms with E-state index in [4.69, 9.17) is 4.12 Å². The molecule has 0 aromatic heterocycles. The van der Waals surface area contributed by atoms with E-state index in [-0.39, 0.29) is 0 Å². The number of aryl methyl sites for hydroxylation is 8. The fourth-order valence-electron chi connectivity index (χ4n) is 4.66. The van der Waals surface area contributed by atoms with Gasteiger partial charge in [0.25, 0.3) is 9.76 Å². The molecule has 0 bridgehead atoms. The summed E-state index contributed by atoms with van der Waals surface area (Å²) in [5.41, 5.74) is 10.8. The first-order valence-corrected chi connectivity index (χ1v) is 21.9. The molecule has 0 atom stereocenters. The van der Waals surface area contributed by atoms with Gasteiger partial charge in [-0.3, -0.25) is 0 Å². The van der Waals surface area contributed by atoms with Crippen molar-refractivity contribution in [3.05, 3.63) is 117 Å². The van der Waals surface area contributed by atoms with Gasteiger partial charge in [-0.05, 0) is 66.1 Å². The average Bonchev–Trinajstić information content (AvgIpc) is 2.84. The minimum absolute atomic E-state index is 0.372. The van der Waals surface area contributed by atoms with Crippen molar-refractivity contribution in [2.24, 2.45) is 0 Å². The van der Waals surface area contributed by atoms with Crippen LogP contribution in [0, 0.1) is 55.4 Å². The summed E-state index contributed by atoms with van der Waals surface area (Å²) in [7, 11) is 2.45. The van der Waals surface area contributed by atoms with Gasteiger partial charge in [0.05, 0.1) is 27.1 Å². The van der Waals surface area contributed by atoms with Gasteiger partial charge in [0.15, 0.2) is 0 Å². The minimum atomic E-state index is -2.29. The maximum absolute atomic E-state index is 7.41. The smallest absolute Gasteiger partial charge is 0.256 e. The Labute approximate surface area is 240 Å². The molecule has 6 heteroatoms. The minimum Gasteiger partial charge on any atom is -0.459 e. The lowest BCUT2D eigenvalue weighted by Gasteiger charge is -2.33. The first-order chi connectivity index (χ1) is 18.0. The summed E-state index contributed by atoms with van der Waals surface area (Å²) >= 11 is 0. The van der Waals surface area contributed by atoms with Crippen molar-refractivity contribution in [3.8, 4) is 0 Å². The summed E-state index contributed by atoms with van der Waals surface area (Å²) in [6.45, 7) is 15.5. The van der Waals surface area contributed by atoms with Crippen molar-refractivity contribution in [3.63, 3.8) is 0 Å². The second kappa shape index (κ2) is 12.4. The van der Waals surface area contributed by atoms with Gasteiger partial charge in [-0.1, -0.05) is 127 Å². The van der Waals surface area contributed by atoms with E-state index in [1.807, 2.05) is 0 Å². The highest BCUT2D eigenvalue weighted by atomic mass is 29.9. The standard InChI is InChI=1S/C32H36OSi5/c1-21-9-13-29(25(5)17-21)34-33-38(35-30-14-10-22(2)18-26(30)6,36-31-15-11-23(3)19-27(31)7)37-32-16-12-24(4)20-28(32)8/h9-20H,1-8H3.